The van der Waals surface area contributed by atoms with Gasteiger partial charge >= 0.3 is 6.18 Å². The normalized spacial score (nSPS) is 11.0. The lowest BCUT2D eigenvalue weighted by atomic mass is 10.1. The van der Waals surface area contributed by atoms with Gasteiger partial charge in [0, 0.05) is 6.54 Å². The van der Waals surface area contributed by atoms with E-state index in [1.54, 1.807) is 6.07 Å². The number of hydrogen-bond donors (Lipinski definition) is 1. The first kappa shape index (κ1) is 14.9. The predicted molar refractivity (Wildman–Crippen MR) is 70.6 cm³/mol. The quantitative estimate of drug-likeness (QED) is 0.935. The third-order valence-corrected chi connectivity index (χ3v) is 2.81. The molecule has 0 saturated carbocycles. The molecule has 2 rings (SSSR count). The van der Waals surface area contributed by atoms with Crippen LogP contribution in [0.1, 0.15) is 16.7 Å². The maximum absolute atomic E-state index is 12.9. The van der Waals surface area contributed by atoms with Gasteiger partial charge in [-0.25, -0.2) is 0 Å². The molecule has 0 aliphatic heterocycles. The highest BCUT2D eigenvalue weighted by Gasteiger charge is 2.34. The van der Waals surface area contributed by atoms with Gasteiger partial charge in [-0.1, -0.05) is 18.2 Å². The first-order valence-electron chi connectivity index (χ1n) is 6.03. The van der Waals surface area contributed by atoms with Gasteiger partial charge < -0.3 is 10.5 Å². The Morgan fingerprint density at radius 2 is 1.81 bits per heavy atom. The van der Waals surface area contributed by atoms with E-state index in [0.717, 1.165) is 6.07 Å². The van der Waals surface area contributed by atoms with Gasteiger partial charge in [0.1, 0.15) is 17.6 Å². The van der Waals surface area contributed by atoms with E-state index in [4.69, 9.17) is 15.7 Å². The first-order valence-corrected chi connectivity index (χ1v) is 6.03. The lowest BCUT2D eigenvalue weighted by Crippen LogP contribution is -2.07. The molecule has 0 unspecified atom stereocenters. The standard InChI is InChI=1S/C15H11F3N2O/c16-15(17,18)12-3-1-2-4-14(12)21-13-6-5-10(8-19)7-11(13)9-20/h1-7H,8,19H2. The second-order valence-electron chi connectivity index (χ2n) is 4.24. The minimum Gasteiger partial charge on any atom is -0.455 e. The number of alkyl halides is 3. The van der Waals surface area contributed by atoms with Crippen LogP contribution in [-0.2, 0) is 12.7 Å². The molecule has 0 bridgehead atoms. The number of para-hydroxylation sites is 1. The highest BCUT2D eigenvalue weighted by Crippen LogP contribution is 2.38. The van der Waals surface area contributed by atoms with Gasteiger partial charge in [-0.3, -0.25) is 0 Å². The fraction of sp³-hybridized carbons (Fsp3) is 0.133. The van der Waals surface area contributed by atoms with Gasteiger partial charge in [0.25, 0.3) is 0 Å². The van der Waals surface area contributed by atoms with E-state index < -0.39 is 11.7 Å². The van der Waals surface area contributed by atoms with E-state index >= 15 is 0 Å². The number of ether oxygens (including phenoxy) is 1. The molecule has 0 aromatic heterocycles. The van der Waals surface area contributed by atoms with Crippen molar-refractivity contribution >= 4 is 0 Å². The Kier molecular flexibility index (Phi) is 4.15. The van der Waals surface area contributed by atoms with Gasteiger partial charge in [-0.05, 0) is 29.8 Å². The van der Waals surface area contributed by atoms with Crippen LogP contribution in [-0.4, -0.2) is 0 Å². The zero-order chi connectivity index (χ0) is 15.5. The van der Waals surface area contributed by atoms with Gasteiger partial charge in [-0.15, -0.1) is 0 Å². The van der Waals surface area contributed by atoms with E-state index in [-0.39, 0.29) is 23.6 Å². The summed E-state index contributed by atoms with van der Waals surface area (Å²) in [5.41, 5.74) is 5.40. The molecule has 2 N–H and O–H groups in total. The van der Waals surface area contributed by atoms with Crippen molar-refractivity contribution in [3.05, 3.63) is 59.2 Å². The van der Waals surface area contributed by atoms with E-state index in [1.165, 1.54) is 30.3 Å². The van der Waals surface area contributed by atoms with Crippen molar-refractivity contribution in [2.45, 2.75) is 12.7 Å². The Morgan fingerprint density at radius 1 is 1.10 bits per heavy atom. The lowest BCUT2D eigenvalue weighted by molar-refractivity contribution is -0.138. The summed E-state index contributed by atoms with van der Waals surface area (Å²) >= 11 is 0. The summed E-state index contributed by atoms with van der Waals surface area (Å²) < 4.78 is 43.9. The molecule has 0 amide bonds. The average molecular weight is 292 g/mol. The maximum atomic E-state index is 12.9. The number of nitriles is 1. The molecule has 3 nitrogen and oxygen atoms in total. The number of hydrogen-bond acceptors (Lipinski definition) is 3. The summed E-state index contributed by atoms with van der Waals surface area (Å²) in [5.74, 6) is -0.284. The molecule has 6 heteroatoms. The lowest BCUT2D eigenvalue weighted by Gasteiger charge is -2.14. The Morgan fingerprint density at radius 3 is 2.43 bits per heavy atom. The fourth-order valence-corrected chi connectivity index (χ4v) is 1.79. The van der Waals surface area contributed by atoms with Crippen LogP contribution in [0.2, 0.25) is 0 Å². The smallest absolute Gasteiger partial charge is 0.419 e. The van der Waals surface area contributed by atoms with E-state index in [2.05, 4.69) is 0 Å². The minimum absolute atomic E-state index is 0.0615. The van der Waals surface area contributed by atoms with Crippen LogP contribution in [0.4, 0.5) is 13.2 Å². The Balaban J connectivity index is 2.42. The molecular weight excluding hydrogens is 281 g/mol. The molecule has 0 fully saturated rings. The molecule has 0 radical (unpaired) electrons. The second-order valence-corrected chi connectivity index (χ2v) is 4.24. The third kappa shape index (κ3) is 3.33. The molecule has 2 aromatic rings. The summed E-state index contributed by atoms with van der Waals surface area (Å²) in [5, 5.41) is 9.05. The van der Waals surface area contributed by atoms with Crippen LogP contribution < -0.4 is 10.5 Å². The van der Waals surface area contributed by atoms with Crippen molar-refractivity contribution in [1.29, 1.82) is 5.26 Å². The monoisotopic (exact) mass is 292 g/mol. The van der Waals surface area contributed by atoms with E-state index in [1.807, 2.05) is 6.07 Å². The number of nitrogens with zero attached hydrogens (tertiary/aromatic N) is 1. The number of benzene rings is 2. The van der Waals surface area contributed by atoms with Crippen molar-refractivity contribution in [3.8, 4) is 17.6 Å². The highest BCUT2D eigenvalue weighted by molar-refractivity contribution is 5.49. The SMILES string of the molecule is N#Cc1cc(CN)ccc1Oc1ccccc1C(F)(F)F. The molecule has 21 heavy (non-hydrogen) atoms. The molecule has 0 aliphatic rings. The largest absolute Gasteiger partial charge is 0.455 e. The predicted octanol–water partition coefficient (Wildman–Crippen LogP) is 3.83. The number of rotatable bonds is 3. The molecule has 0 spiro atoms. The summed E-state index contributed by atoms with van der Waals surface area (Å²) in [4.78, 5) is 0. The molecule has 0 saturated heterocycles. The topological polar surface area (TPSA) is 59.0 Å². The highest BCUT2D eigenvalue weighted by atomic mass is 19.4. The fourth-order valence-electron chi connectivity index (χ4n) is 1.79. The van der Waals surface area contributed by atoms with Crippen LogP contribution in [0.3, 0.4) is 0 Å². The molecule has 2 aromatic carbocycles. The van der Waals surface area contributed by atoms with Crippen molar-refractivity contribution in [2.24, 2.45) is 5.73 Å². The van der Waals surface area contributed by atoms with Crippen LogP contribution in [0.15, 0.2) is 42.5 Å². The summed E-state index contributed by atoms with van der Waals surface area (Å²) in [6, 6.07) is 11.3. The maximum Gasteiger partial charge on any atom is 0.419 e. The Bertz CT molecular complexity index is 690. The molecular formula is C15H11F3N2O. The zero-order valence-electron chi connectivity index (χ0n) is 10.8. The van der Waals surface area contributed by atoms with Crippen LogP contribution >= 0.6 is 0 Å². The van der Waals surface area contributed by atoms with Gasteiger partial charge in [0.2, 0.25) is 0 Å². The van der Waals surface area contributed by atoms with Crippen LogP contribution in [0.5, 0.6) is 11.5 Å². The van der Waals surface area contributed by atoms with E-state index in [9.17, 15) is 13.2 Å². The number of nitrogens with two attached hydrogens (primary N) is 1. The summed E-state index contributed by atoms with van der Waals surface area (Å²) in [7, 11) is 0. The summed E-state index contributed by atoms with van der Waals surface area (Å²) in [6.07, 6.45) is -4.53. The molecule has 108 valence electrons. The first-order chi connectivity index (χ1) is 9.95. The van der Waals surface area contributed by atoms with Gasteiger partial charge in [0.05, 0.1) is 11.1 Å². The van der Waals surface area contributed by atoms with Crippen molar-refractivity contribution < 1.29 is 17.9 Å². The number of halogens is 3. The van der Waals surface area contributed by atoms with Crippen molar-refractivity contribution in [3.63, 3.8) is 0 Å². The van der Waals surface area contributed by atoms with Crippen molar-refractivity contribution in [1.82, 2.24) is 0 Å². The van der Waals surface area contributed by atoms with Gasteiger partial charge in [0.15, 0.2) is 0 Å². The van der Waals surface area contributed by atoms with Crippen molar-refractivity contribution in [2.75, 3.05) is 0 Å². The van der Waals surface area contributed by atoms with E-state index in [0.29, 0.717) is 5.56 Å². The average Bonchev–Trinajstić information content (AvgIpc) is 2.47. The summed E-state index contributed by atoms with van der Waals surface area (Å²) in [6.45, 7) is 0.230. The minimum atomic E-state index is -4.53. The zero-order valence-corrected chi connectivity index (χ0v) is 10.8. The second kappa shape index (κ2) is 5.85. The third-order valence-electron chi connectivity index (χ3n) is 2.81. The van der Waals surface area contributed by atoms with Crippen LogP contribution in [0.25, 0.3) is 0 Å². The molecule has 0 aliphatic carbocycles. The Labute approximate surface area is 119 Å². The Hall–Kier alpha value is -2.52. The van der Waals surface area contributed by atoms with Crippen LogP contribution in [0, 0.1) is 11.3 Å². The van der Waals surface area contributed by atoms with Gasteiger partial charge in [-0.2, -0.15) is 18.4 Å². The molecule has 0 heterocycles. The molecule has 0 atom stereocenters.